The highest BCUT2D eigenvalue weighted by molar-refractivity contribution is 8.03. The summed E-state index contributed by atoms with van der Waals surface area (Å²) in [5, 5.41) is 2.73. The molecule has 0 spiro atoms. The Morgan fingerprint density at radius 3 is 2.56 bits per heavy atom. The van der Waals surface area contributed by atoms with Crippen LogP contribution in [0.1, 0.15) is 20.3 Å². The van der Waals surface area contributed by atoms with Gasteiger partial charge in [0.1, 0.15) is 0 Å². The van der Waals surface area contributed by atoms with Crippen LogP contribution in [-0.4, -0.2) is 10.8 Å². The van der Waals surface area contributed by atoms with Gasteiger partial charge in [0.15, 0.2) is 0 Å². The molecule has 0 aromatic heterocycles. The van der Waals surface area contributed by atoms with E-state index in [1.54, 1.807) is 0 Å². The van der Waals surface area contributed by atoms with Crippen LogP contribution in [0.3, 0.4) is 0 Å². The van der Waals surface area contributed by atoms with Crippen LogP contribution in [0.15, 0.2) is 11.5 Å². The molecule has 1 rings (SSSR count). The minimum Gasteiger partial charge on any atom is -0.325 e. The third-order valence-electron chi connectivity index (χ3n) is 1.52. The van der Waals surface area contributed by atoms with Gasteiger partial charge in [-0.25, -0.2) is 0 Å². The number of hydrogen-bond donors (Lipinski definition) is 1. The first-order valence-corrected chi connectivity index (χ1v) is 4.14. The van der Waals surface area contributed by atoms with E-state index in [0.717, 1.165) is 6.42 Å². The molecule has 2 heteroatoms. The van der Waals surface area contributed by atoms with Gasteiger partial charge < -0.3 is 5.73 Å². The van der Waals surface area contributed by atoms with Crippen LogP contribution >= 0.6 is 11.8 Å². The highest BCUT2D eigenvalue weighted by Crippen LogP contribution is 2.30. The minimum absolute atomic E-state index is 0.0197. The number of thioether (sulfide) groups is 1. The van der Waals surface area contributed by atoms with Crippen LogP contribution in [0.5, 0.6) is 0 Å². The third-order valence-corrected chi connectivity index (χ3v) is 3.00. The van der Waals surface area contributed by atoms with E-state index in [2.05, 4.69) is 25.3 Å². The third kappa shape index (κ3) is 1.73. The zero-order chi connectivity index (χ0) is 6.91. The van der Waals surface area contributed by atoms with Crippen molar-refractivity contribution in [2.24, 2.45) is 5.73 Å². The second kappa shape index (κ2) is 2.35. The highest BCUT2D eigenvalue weighted by atomic mass is 32.2. The van der Waals surface area contributed by atoms with Crippen LogP contribution in [0.4, 0.5) is 0 Å². The van der Waals surface area contributed by atoms with Crippen LogP contribution in [0, 0.1) is 0 Å². The topological polar surface area (TPSA) is 26.0 Å². The van der Waals surface area contributed by atoms with Gasteiger partial charge in [0.05, 0.1) is 0 Å². The van der Waals surface area contributed by atoms with E-state index in [-0.39, 0.29) is 5.54 Å². The minimum atomic E-state index is -0.0197. The van der Waals surface area contributed by atoms with Crippen LogP contribution in [0.25, 0.3) is 0 Å². The second-order valence-electron chi connectivity index (χ2n) is 3.05. The first-order valence-electron chi connectivity index (χ1n) is 3.20. The van der Waals surface area contributed by atoms with E-state index in [1.165, 1.54) is 0 Å². The largest absolute Gasteiger partial charge is 0.325 e. The van der Waals surface area contributed by atoms with Crippen molar-refractivity contribution in [2.45, 2.75) is 31.1 Å². The molecule has 0 saturated carbocycles. The summed E-state index contributed by atoms with van der Waals surface area (Å²) in [4.78, 5) is 0. The average molecular weight is 143 g/mol. The summed E-state index contributed by atoms with van der Waals surface area (Å²) in [5.74, 6) is 0. The van der Waals surface area contributed by atoms with Crippen molar-refractivity contribution in [1.29, 1.82) is 0 Å². The molecule has 9 heavy (non-hydrogen) atoms. The summed E-state index contributed by atoms with van der Waals surface area (Å²) < 4.78 is 0. The molecule has 0 aromatic rings. The maximum atomic E-state index is 5.88. The van der Waals surface area contributed by atoms with Gasteiger partial charge in [0.2, 0.25) is 0 Å². The molecule has 1 aliphatic heterocycles. The molecule has 1 unspecified atom stereocenters. The van der Waals surface area contributed by atoms with E-state index in [9.17, 15) is 0 Å². The normalized spacial score (nSPS) is 27.2. The molecule has 0 aromatic carbocycles. The predicted molar refractivity (Wildman–Crippen MR) is 43.4 cm³/mol. The Kier molecular flexibility index (Phi) is 1.87. The van der Waals surface area contributed by atoms with Crippen molar-refractivity contribution in [1.82, 2.24) is 0 Å². The Labute approximate surface area is 60.7 Å². The molecule has 52 valence electrons. The van der Waals surface area contributed by atoms with Crippen molar-refractivity contribution in [2.75, 3.05) is 0 Å². The number of hydrogen-bond acceptors (Lipinski definition) is 2. The molecule has 0 amide bonds. The lowest BCUT2D eigenvalue weighted by molar-refractivity contribution is 0.499. The van der Waals surface area contributed by atoms with Crippen molar-refractivity contribution in [3.8, 4) is 0 Å². The molecule has 2 N–H and O–H groups in total. The fourth-order valence-corrected chi connectivity index (χ4v) is 1.85. The van der Waals surface area contributed by atoms with Crippen molar-refractivity contribution in [3.63, 3.8) is 0 Å². The van der Waals surface area contributed by atoms with Gasteiger partial charge >= 0.3 is 0 Å². The lowest BCUT2D eigenvalue weighted by atomic mass is 10.00. The monoisotopic (exact) mass is 143 g/mol. The Hall–Kier alpha value is 0.0500. The molecule has 1 atom stereocenters. The molecule has 1 nitrogen and oxygen atoms in total. The Balaban J connectivity index is 2.46. The van der Waals surface area contributed by atoms with Gasteiger partial charge in [0, 0.05) is 10.8 Å². The summed E-state index contributed by atoms with van der Waals surface area (Å²) >= 11 is 1.84. The fraction of sp³-hybridized carbons (Fsp3) is 0.714. The molecular formula is C7H13NS. The standard InChI is InChI=1S/C7H13NS/c1-7(2,8)6-4-3-5-9-6/h3,5-6H,4,8H2,1-2H3. The molecule has 0 bridgehead atoms. The summed E-state index contributed by atoms with van der Waals surface area (Å²) in [6, 6.07) is 0. The molecule has 0 aliphatic carbocycles. The van der Waals surface area contributed by atoms with Gasteiger partial charge in [-0.1, -0.05) is 6.08 Å². The van der Waals surface area contributed by atoms with E-state index in [4.69, 9.17) is 5.73 Å². The van der Waals surface area contributed by atoms with Crippen LogP contribution in [0.2, 0.25) is 0 Å². The Morgan fingerprint density at radius 2 is 2.33 bits per heavy atom. The zero-order valence-corrected chi connectivity index (χ0v) is 6.74. The average Bonchev–Trinajstić information content (AvgIpc) is 2.08. The predicted octanol–water partition coefficient (Wildman–Crippen LogP) is 1.74. The summed E-state index contributed by atoms with van der Waals surface area (Å²) in [6.07, 6.45) is 3.32. The molecular weight excluding hydrogens is 130 g/mol. The quantitative estimate of drug-likeness (QED) is 0.605. The van der Waals surface area contributed by atoms with Crippen molar-refractivity contribution in [3.05, 3.63) is 11.5 Å². The smallest absolute Gasteiger partial charge is 0.0298 e. The number of allylic oxidation sites excluding steroid dienone is 1. The number of nitrogens with two attached hydrogens (primary N) is 1. The molecule has 0 fully saturated rings. The molecule has 0 radical (unpaired) electrons. The van der Waals surface area contributed by atoms with Crippen LogP contribution < -0.4 is 5.73 Å². The Morgan fingerprint density at radius 1 is 1.67 bits per heavy atom. The maximum Gasteiger partial charge on any atom is 0.0298 e. The van der Waals surface area contributed by atoms with Gasteiger partial charge in [-0.05, 0) is 25.7 Å². The molecule has 0 saturated heterocycles. The maximum absolute atomic E-state index is 5.88. The summed E-state index contributed by atoms with van der Waals surface area (Å²) in [6.45, 7) is 4.16. The van der Waals surface area contributed by atoms with Gasteiger partial charge in [0.25, 0.3) is 0 Å². The summed E-state index contributed by atoms with van der Waals surface area (Å²) in [5.41, 5.74) is 5.86. The molecule has 1 heterocycles. The van der Waals surface area contributed by atoms with Gasteiger partial charge in [-0.15, -0.1) is 11.8 Å². The van der Waals surface area contributed by atoms with E-state index >= 15 is 0 Å². The summed E-state index contributed by atoms with van der Waals surface area (Å²) in [7, 11) is 0. The fourth-order valence-electron chi connectivity index (χ4n) is 0.864. The first kappa shape index (κ1) is 7.16. The molecule has 1 aliphatic rings. The highest BCUT2D eigenvalue weighted by Gasteiger charge is 2.25. The lowest BCUT2D eigenvalue weighted by Crippen LogP contribution is -2.41. The van der Waals surface area contributed by atoms with Crippen molar-refractivity contribution >= 4 is 11.8 Å². The first-order chi connectivity index (χ1) is 4.11. The Bertz CT molecular complexity index is 115. The van der Waals surface area contributed by atoms with E-state index in [0.29, 0.717) is 5.25 Å². The number of rotatable bonds is 1. The van der Waals surface area contributed by atoms with Crippen molar-refractivity contribution < 1.29 is 0 Å². The van der Waals surface area contributed by atoms with Gasteiger partial charge in [-0.3, -0.25) is 0 Å². The lowest BCUT2D eigenvalue weighted by Gasteiger charge is -2.25. The zero-order valence-electron chi connectivity index (χ0n) is 5.92. The van der Waals surface area contributed by atoms with E-state index in [1.807, 2.05) is 11.8 Å². The van der Waals surface area contributed by atoms with E-state index < -0.39 is 0 Å². The van der Waals surface area contributed by atoms with Gasteiger partial charge in [-0.2, -0.15) is 0 Å². The SMILES string of the molecule is CC(C)(N)C1CC=CS1. The van der Waals surface area contributed by atoms with Crippen LogP contribution in [-0.2, 0) is 0 Å². The second-order valence-corrected chi connectivity index (χ2v) is 4.17.